The quantitative estimate of drug-likeness (QED) is 0.508. The van der Waals surface area contributed by atoms with E-state index in [1.165, 1.54) is 25.1 Å². The maximum absolute atomic E-state index is 13.3. The second-order valence-electron chi connectivity index (χ2n) is 6.84. The summed E-state index contributed by atoms with van der Waals surface area (Å²) in [6, 6.07) is 6.39. The number of hydrogen-bond donors (Lipinski definition) is 1. The molecule has 29 heavy (non-hydrogen) atoms. The summed E-state index contributed by atoms with van der Waals surface area (Å²) in [6.45, 7) is 7.89. The molecule has 0 aliphatic rings. The van der Waals surface area contributed by atoms with Crippen LogP contribution in [0.2, 0.25) is 0 Å². The van der Waals surface area contributed by atoms with Crippen LogP contribution in [0.4, 0.5) is 23.4 Å². The minimum Gasteiger partial charge on any atom is -0.380 e. The van der Waals surface area contributed by atoms with Crippen LogP contribution in [-0.2, 0) is 23.9 Å². The van der Waals surface area contributed by atoms with E-state index in [9.17, 15) is 27.5 Å². The van der Waals surface area contributed by atoms with Gasteiger partial charge in [0.15, 0.2) is 5.78 Å². The van der Waals surface area contributed by atoms with Gasteiger partial charge in [-0.2, -0.15) is 13.2 Å². The lowest BCUT2D eigenvalue weighted by atomic mass is 9.95. The highest BCUT2D eigenvalue weighted by Crippen LogP contribution is 2.35. The molecule has 9 heteroatoms. The van der Waals surface area contributed by atoms with Crippen molar-refractivity contribution in [2.45, 2.75) is 31.7 Å². The van der Waals surface area contributed by atoms with Crippen molar-refractivity contribution in [1.29, 1.82) is 0 Å². The second-order valence-corrected chi connectivity index (χ2v) is 6.84. The maximum Gasteiger partial charge on any atom is 0.409 e. The first-order valence-electron chi connectivity index (χ1n) is 8.45. The number of nitrogens with zero attached hydrogens (tertiary/aromatic N) is 3. The Morgan fingerprint density at radius 2 is 2.00 bits per heavy atom. The standard InChI is InChI=1S/C20H15F4N3O2/c1-19(29,11-27-6-5-13-9-14(21)3-4-16(13)27)17(28)8-12-7-15(20(22,23)24)18(25-2)26-10-12/h3-7,9-10,29H,8,11H2,1H3/t19-/m0/s1. The molecule has 1 N–H and O–H groups in total. The Morgan fingerprint density at radius 3 is 2.66 bits per heavy atom. The number of Topliss-reactive ketones (excluding diaryl/α,β-unsaturated/α-hetero) is 1. The molecule has 0 aliphatic heterocycles. The van der Waals surface area contributed by atoms with Crippen molar-refractivity contribution in [1.82, 2.24) is 9.55 Å². The molecule has 1 aromatic carbocycles. The van der Waals surface area contributed by atoms with E-state index in [2.05, 4.69) is 9.83 Å². The zero-order valence-electron chi connectivity index (χ0n) is 15.2. The first-order valence-corrected chi connectivity index (χ1v) is 8.45. The Kier molecular flexibility index (Phi) is 5.15. The van der Waals surface area contributed by atoms with Gasteiger partial charge in [-0.15, -0.1) is 4.98 Å². The number of carbonyl (C=O) groups excluding carboxylic acids is 1. The molecular formula is C20H15F4N3O2. The zero-order valence-corrected chi connectivity index (χ0v) is 15.2. The zero-order chi connectivity index (χ0) is 21.4. The van der Waals surface area contributed by atoms with Crippen LogP contribution in [-0.4, -0.2) is 26.0 Å². The van der Waals surface area contributed by atoms with E-state index in [1.807, 2.05) is 0 Å². The average Bonchev–Trinajstić information content (AvgIpc) is 3.02. The molecule has 150 valence electrons. The van der Waals surface area contributed by atoms with Crippen molar-refractivity contribution in [3.8, 4) is 0 Å². The van der Waals surface area contributed by atoms with E-state index >= 15 is 0 Å². The van der Waals surface area contributed by atoms with Crippen molar-refractivity contribution in [2.75, 3.05) is 0 Å². The number of rotatable bonds is 5. The maximum atomic E-state index is 13.3. The number of alkyl halides is 3. The third-order valence-corrected chi connectivity index (χ3v) is 4.51. The molecule has 0 fully saturated rings. The Hall–Kier alpha value is -3.25. The van der Waals surface area contributed by atoms with Crippen LogP contribution in [0.15, 0.2) is 42.7 Å². The second kappa shape index (κ2) is 7.29. The Morgan fingerprint density at radius 1 is 1.28 bits per heavy atom. The van der Waals surface area contributed by atoms with Gasteiger partial charge in [0.05, 0.1) is 12.1 Å². The van der Waals surface area contributed by atoms with E-state index in [0.29, 0.717) is 17.0 Å². The van der Waals surface area contributed by atoms with Gasteiger partial charge in [0.2, 0.25) is 0 Å². The Labute approximate surface area is 163 Å². The van der Waals surface area contributed by atoms with Crippen LogP contribution < -0.4 is 0 Å². The van der Waals surface area contributed by atoms with E-state index in [4.69, 9.17) is 6.57 Å². The Bertz CT molecular complexity index is 1130. The molecule has 0 bridgehead atoms. The molecule has 0 radical (unpaired) electrons. The van der Waals surface area contributed by atoms with Gasteiger partial charge in [0.1, 0.15) is 17.6 Å². The number of aromatic nitrogens is 2. The van der Waals surface area contributed by atoms with Crippen LogP contribution in [0, 0.1) is 12.4 Å². The molecule has 3 aromatic rings. The molecule has 0 saturated carbocycles. The lowest BCUT2D eigenvalue weighted by Crippen LogP contribution is -2.40. The highest BCUT2D eigenvalue weighted by molar-refractivity contribution is 5.89. The average molecular weight is 405 g/mol. The molecule has 2 heterocycles. The molecule has 0 amide bonds. The number of aliphatic hydroxyl groups is 1. The number of ketones is 1. The van der Waals surface area contributed by atoms with Gasteiger partial charge in [0.25, 0.3) is 5.82 Å². The summed E-state index contributed by atoms with van der Waals surface area (Å²) in [5.74, 6) is -1.94. The monoisotopic (exact) mass is 405 g/mol. The molecule has 3 rings (SSSR count). The molecule has 0 spiro atoms. The number of hydrogen-bond acceptors (Lipinski definition) is 3. The number of carbonyl (C=O) groups is 1. The molecule has 0 saturated heterocycles. The molecular weight excluding hydrogens is 390 g/mol. The van der Waals surface area contributed by atoms with Crippen molar-refractivity contribution in [2.24, 2.45) is 0 Å². The highest BCUT2D eigenvalue weighted by atomic mass is 19.4. The normalized spacial score (nSPS) is 13.8. The fraction of sp³-hybridized carbons (Fsp3) is 0.250. The highest BCUT2D eigenvalue weighted by Gasteiger charge is 2.36. The minimum absolute atomic E-state index is 0.0607. The van der Waals surface area contributed by atoms with Crippen LogP contribution in [0.3, 0.4) is 0 Å². The fourth-order valence-corrected chi connectivity index (χ4v) is 3.00. The molecule has 0 unspecified atom stereocenters. The fourth-order valence-electron chi connectivity index (χ4n) is 3.00. The van der Waals surface area contributed by atoms with Gasteiger partial charge in [-0.05, 0) is 31.2 Å². The summed E-state index contributed by atoms with van der Waals surface area (Å²) in [4.78, 5) is 18.8. The summed E-state index contributed by atoms with van der Waals surface area (Å²) in [5, 5.41) is 11.2. The predicted octanol–water partition coefficient (Wildman–Crippen LogP) is 4.31. The first kappa shape index (κ1) is 20.5. The van der Waals surface area contributed by atoms with Gasteiger partial charge in [-0.1, -0.05) is 12.6 Å². The van der Waals surface area contributed by atoms with Gasteiger partial charge >= 0.3 is 6.18 Å². The number of benzene rings is 1. The van der Waals surface area contributed by atoms with Gasteiger partial charge in [-0.3, -0.25) is 4.79 Å². The summed E-state index contributed by atoms with van der Waals surface area (Å²) in [5.41, 5.74) is -2.58. The smallest absolute Gasteiger partial charge is 0.380 e. The van der Waals surface area contributed by atoms with Crippen LogP contribution in [0.5, 0.6) is 0 Å². The summed E-state index contributed by atoms with van der Waals surface area (Å²) < 4.78 is 54.1. The molecule has 2 aromatic heterocycles. The van der Waals surface area contributed by atoms with Crippen LogP contribution >= 0.6 is 0 Å². The molecule has 1 atom stereocenters. The number of fused-ring (bicyclic) bond motifs is 1. The van der Waals surface area contributed by atoms with E-state index in [0.717, 1.165) is 6.20 Å². The van der Waals surface area contributed by atoms with Gasteiger partial charge in [-0.25, -0.2) is 4.39 Å². The largest absolute Gasteiger partial charge is 0.409 e. The third kappa shape index (κ3) is 4.27. The molecule has 5 nitrogen and oxygen atoms in total. The van der Waals surface area contributed by atoms with Gasteiger partial charge < -0.3 is 14.5 Å². The van der Waals surface area contributed by atoms with Crippen LogP contribution in [0.25, 0.3) is 15.7 Å². The van der Waals surface area contributed by atoms with Crippen molar-refractivity contribution >= 4 is 22.5 Å². The number of pyridine rings is 1. The first-order chi connectivity index (χ1) is 13.5. The summed E-state index contributed by atoms with van der Waals surface area (Å²) in [7, 11) is 0. The van der Waals surface area contributed by atoms with Crippen molar-refractivity contribution in [3.63, 3.8) is 0 Å². The van der Waals surface area contributed by atoms with Crippen molar-refractivity contribution in [3.05, 3.63) is 71.1 Å². The van der Waals surface area contributed by atoms with E-state index in [-0.39, 0.29) is 12.1 Å². The topological polar surface area (TPSA) is 59.5 Å². The predicted molar refractivity (Wildman–Crippen MR) is 96.7 cm³/mol. The van der Waals surface area contributed by atoms with Crippen LogP contribution in [0.1, 0.15) is 18.1 Å². The lowest BCUT2D eigenvalue weighted by molar-refractivity contribution is -0.138. The lowest BCUT2D eigenvalue weighted by Gasteiger charge is -2.23. The molecule has 0 aliphatic carbocycles. The minimum atomic E-state index is -4.78. The third-order valence-electron chi connectivity index (χ3n) is 4.51. The SMILES string of the molecule is [C-]#[N+]c1ncc(CC(=O)[C@@](C)(O)Cn2ccc3cc(F)ccc32)cc1C(F)(F)F. The summed E-state index contributed by atoms with van der Waals surface area (Å²) in [6.07, 6.45) is -2.67. The van der Waals surface area contributed by atoms with E-state index in [1.54, 1.807) is 16.8 Å². The number of halogens is 4. The Balaban J connectivity index is 1.83. The summed E-state index contributed by atoms with van der Waals surface area (Å²) >= 11 is 0. The van der Waals surface area contributed by atoms with E-state index < -0.39 is 41.2 Å². The van der Waals surface area contributed by atoms with Crippen molar-refractivity contribution < 1.29 is 27.5 Å². The van der Waals surface area contributed by atoms with Gasteiger partial charge in [0, 0.05) is 29.1 Å².